The first-order chi connectivity index (χ1) is 16.0. The summed E-state index contributed by atoms with van der Waals surface area (Å²) in [5, 5.41) is 12.0. The number of rotatable bonds is 14. The Balaban J connectivity index is 2.01. The fraction of sp³-hybridized carbons (Fsp3) is 0.565. The number of ether oxygens (including phenoxy) is 3. The van der Waals surface area contributed by atoms with Crippen molar-refractivity contribution in [2.75, 3.05) is 39.7 Å². The topological polar surface area (TPSA) is 103 Å². The second-order valence-electron chi connectivity index (χ2n) is 7.46. The SMILES string of the molecule is CCCCCC(=O)N(CCC)CCC(=O)Nc1nnc(-c2cc(OC)c(OC)c(OC)c2)s1. The van der Waals surface area contributed by atoms with Crippen LogP contribution in [0.1, 0.15) is 52.4 Å². The maximum Gasteiger partial charge on any atom is 0.227 e. The Morgan fingerprint density at radius 2 is 1.64 bits per heavy atom. The number of hydrogen-bond donors (Lipinski definition) is 1. The van der Waals surface area contributed by atoms with Crippen LogP contribution in [-0.4, -0.2) is 61.3 Å². The third-order valence-electron chi connectivity index (χ3n) is 5.03. The Morgan fingerprint density at radius 1 is 0.939 bits per heavy atom. The fourth-order valence-corrected chi connectivity index (χ4v) is 4.08. The van der Waals surface area contributed by atoms with Crippen molar-refractivity contribution in [3.63, 3.8) is 0 Å². The second-order valence-corrected chi connectivity index (χ2v) is 8.44. The molecule has 0 saturated carbocycles. The Hall–Kier alpha value is -2.88. The van der Waals surface area contributed by atoms with Gasteiger partial charge in [-0.1, -0.05) is 38.0 Å². The molecule has 0 aliphatic heterocycles. The van der Waals surface area contributed by atoms with Gasteiger partial charge in [0.05, 0.1) is 21.3 Å². The number of hydrogen-bond acceptors (Lipinski definition) is 8. The number of carbonyl (C=O) groups excluding carboxylic acids is 2. The van der Waals surface area contributed by atoms with Crippen LogP contribution in [0.3, 0.4) is 0 Å². The molecule has 182 valence electrons. The Labute approximate surface area is 199 Å². The van der Waals surface area contributed by atoms with Crippen molar-refractivity contribution in [3.8, 4) is 27.8 Å². The minimum Gasteiger partial charge on any atom is -0.493 e. The van der Waals surface area contributed by atoms with Gasteiger partial charge in [-0.3, -0.25) is 9.59 Å². The van der Waals surface area contributed by atoms with E-state index in [1.165, 1.54) is 11.3 Å². The molecular weight excluding hydrogens is 444 g/mol. The average Bonchev–Trinajstić information content (AvgIpc) is 3.29. The third kappa shape index (κ3) is 7.59. The highest BCUT2D eigenvalue weighted by Crippen LogP contribution is 2.42. The summed E-state index contributed by atoms with van der Waals surface area (Å²) in [6, 6.07) is 3.56. The van der Waals surface area contributed by atoms with Crippen molar-refractivity contribution in [1.29, 1.82) is 0 Å². The van der Waals surface area contributed by atoms with Crippen molar-refractivity contribution < 1.29 is 23.8 Å². The first-order valence-corrected chi connectivity index (χ1v) is 12.0. The molecule has 1 N–H and O–H groups in total. The monoisotopic (exact) mass is 478 g/mol. The average molecular weight is 479 g/mol. The van der Waals surface area contributed by atoms with Crippen LogP contribution in [0.2, 0.25) is 0 Å². The standard InChI is InChI=1S/C23H34N4O5S/c1-6-8-9-10-20(29)27(12-7-2)13-11-19(28)24-23-26-25-22(33-23)16-14-17(30-3)21(32-5)18(15-16)31-4/h14-15H,6-13H2,1-5H3,(H,24,26,28). The molecule has 10 heteroatoms. The molecule has 1 heterocycles. The van der Waals surface area contributed by atoms with Gasteiger partial charge in [0.25, 0.3) is 0 Å². The van der Waals surface area contributed by atoms with Gasteiger partial charge in [-0.15, -0.1) is 10.2 Å². The van der Waals surface area contributed by atoms with E-state index in [0.717, 1.165) is 31.2 Å². The lowest BCUT2D eigenvalue weighted by Gasteiger charge is -2.21. The number of nitrogens with one attached hydrogen (secondary N) is 1. The maximum atomic E-state index is 12.5. The summed E-state index contributed by atoms with van der Waals surface area (Å²) in [4.78, 5) is 26.7. The van der Waals surface area contributed by atoms with E-state index in [4.69, 9.17) is 14.2 Å². The van der Waals surface area contributed by atoms with E-state index in [9.17, 15) is 9.59 Å². The van der Waals surface area contributed by atoms with Crippen LogP contribution < -0.4 is 19.5 Å². The van der Waals surface area contributed by atoms with Gasteiger partial charge < -0.3 is 24.4 Å². The number of methoxy groups -OCH3 is 3. The van der Waals surface area contributed by atoms with Crippen molar-refractivity contribution in [1.82, 2.24) is 15.1 Å². The highest BCUT2D eigenvalue weighted by Gasteiger charge is 2.18. The van der Waals surface area contributed by atoms with Gasteiger partial charge in [0.1, 0.15) is 5.01 Å². The van der Waals surface area contributed by atoms with Gasteiger partial charge >= 0.3 is 0 Å². The molecule has 0 fully saturated rings. The molecule has 1 aromatic heterocycles. The molecule has 0 aliphatic carbocycles. The molecule has 2 aromatic rings. The number of anilines is 1. The minimum absolute atomic E-state index is 0.110. The number of carbonyl (C=O) groups is 2. The first-order valence-electron chi connectivity index (χ1n) is 11.2. The van der Waals surface area contributed by atoms with E-state index in [1.54, 1.807) is 38.4 Å². The van der Waals surface area contributed by atoms with E-state index < -0.39 is 0 Å². The van der Waals surface area contributed by atoms with Crippen LogP contribution >= 0.6 is 11.3 Å². The molecule has 9 nitrogen and oxygen atoms in total. The molecule has 0 bridgehead atoms. The molecule has 0 spiro atoms. The largest absolute Gasteiger partial charge is 0.493 e. The predicted molar refractivity (Wildman–Crippen MR) is 129 cm³/mol. The Kier molecular flexibility index (Phi) is 10.9. The van der Waals surface area contributed by atoms with Gasteiger partial charge in [0.15, 0.2) is 11.5 Å². The molecular formula is C23H34N4O5S. The number of unbranched alkanes of at least 4 members (excludes halogenated alkanes) is 2. The lowest BCUT2D eigenvalue weighted by molar-refractivity contribution is -0.131. The number of nitrogens with zero attached hydrogens (tertiary/aromatic N) is 3. The van der Waals surface area contributed by atoms with Crippen molar-refractivity contribution in [2.45, 2.75) is 52.4 Å². The zero-order chi connectivity index (χ0) is 24.2. The summed E-state index contributed by atoms with van der Waals surface area (Å²) in [5.41, 5.74) is 0.731. The predicted octanol–water partition coefficient (Wildman–Crippen LogP) is 4.38. The van der Waals surface area contributed by atoms with Crippen LogP contribution in [0, 0.1) is 0 Å². The second kappa shape index (κ2) is 13.6. The van der Waals surface area contributed by atoms with Crippen LogP contribution in [0.5, 0.6) is 17.2 Å². The summed E-state index contributed by atoms with van der Waals surface area (Å²) >= 11 is 1.24. The molecule has 0 radical (unpaired) electrons. The quantitative estimate of drug-likeness (QED) is 0.402. The summed E-state index contributed by atoms with van der Waals surface area (Å²) in [6.45, 7) is 5.18. The zero-order valence-electron chi connectivity index (χ0n) is 20.1. The molecule has 0 atom stereocenters. The third-order valence-corrected chi connectivity index (χ3v) is 5.92. The van der Waals surface area contributed by atoms with Gasteiger partial charge in [-0.25, -0.2) is 0 Å². The first kappa shape index (κ1) is 26.4. The van der Waals surface area contributed by atoms with E-state index >= 15 is 0 Å². The van der Waals surface area contributed by atoms with Crippen molar-refractivity contribution in [3.05, 3.63) is 12.1 Å². The highest BCUT2D eigenvalue weighted by molar-refractivity contribution is 7.18. The minimum atomic E-state index is -0.204. The summed E-state index contributed by atoms with van der Waals surface area (Å²) in [5.74, 6) is 1.41. The van der Waals surface area contributed by atoms with Crippen LogP contribution in [0.15, 0.2) is 12.1 Å². The van der Waals surface area contributed by atoms with Gasteiger partial charge in [-0.2, -0.15) is 0 Å². The number of aromatic nitrogens is 2. The molecule has 0 aliphatic rings. The summed E-state index contributed by atoms with van der Waals surface area (Å²) < 4.78 is 16.1. The lowest BCUT2D eigenvalue weighted by atomic mass is 10.2. The molecule has 0 saturated heterocycles. The Morgan fingerprint density at radius 3 is 2.21 bits per heavy atom. The smallest absolute Gasteiger partial charge is 0.227 e. The normalized spacial score (nSPS) is 10.6. The molecule has 1 aromatic carbocycles. The van der Waals surface area contributed by atoms with E-state index in [-0.39, 0.29) is 18.2 Å². The van der Waals surface area contributed by atoms with Crippen molar-refractivity contribution in [2.24, 2.45) is 0 Å². The number of benzene rings is 1. The lowest BCUT2D eigenvalue weighted by Crippen LogP contribution is -2.34. The van der Waals surface area contributed by atoms with Gasteiger partial charge in [-0.05, 0) is 25.0 Å². The molecule has 2 rings (SSSR count). The zero-order valence-corrected chi connectivity index (χ0v) is 20.9. The van der Waals surface area contributed by atoms with Crippen LogP contribution in [0.4, 0.5) is 5.13 Å². The van der Waals surface area contributed by atoms with Gasteiger partial charge in [0.2, 0.25) is 22.7 Å². The van der Waals surface area contributed by atoms with E-state index in [2.05, 4.69) is 22.4 Å². The Bertz CT molecular complexity index is 893. The highest BCUT2D eigenvalue weighted by atomic mass is 32.1. The number of amides is 2. The van der Waals surface area contributed by atoms with E-state index in [0.29, 0.717) is 46.9 Å². The van der Waals surface area contributed by atoms with Crippen molar-refractivity contribution >= 4 is 28.3 Å². The van der Waals surface area contributed by atoms with Gasteiger partial charge in [0, 0.05) is 31.5 Å². The van der Waals surface area contributed by atoms with E-state index in [1.807, 2.05) is 6.92 Å². The maximum absolute atomic E-state index is 12.5. The molecule has 2 amide bonds. The van der Waals surface area contributed by atoms with Crippen LogP contribution in [0.25, 0.3) is 10.6 Å². The fourth-order valence-electron chi connectivity index (χ4n) is 3.33. The van der Waals surface area contributed by atoms with Crippen LogP contribution in [-0.2, 0) is 9.59 Å². The molecule has 0 unspecified atom stereocenters. The summed E-state index contributed by atoms with van der Waals surface area (Å²) in [6.07, 6.45) is 4.59. The molecule has 33 heavy (non-hydrogen) atoms. The summed E-state index contributed by atoms with van der Waals surface area (Å²) in [7, 11) is 4.63.